The third-order valence-electron chi connectivity index (χ3n) is 4.79. The molecule has 1 atom stereocenters. The first kappa shape index (κ1) is 19.3. The second kappa shape index (κ2) is 8.97. The maximum Gasteiger partial charge on any atom is 0.254 e. The number of nitrogens with two attached hydrogens (primary N) is 1. The predicted octanol–water partition coefficient (Wildman–Crippen LogP) is 2.91. The van der Waals surface area contributed by atoms with Crippen molar-refractivity contribution in [3.05, 3.63) is 47.7 Å². The van der Waals surface area contributed by atoms with Crippen LogP contribution in [0.25, 0.3) is 11.1 Å². The van der Waals surface area contributed by atoms with Crippen LogP contribution in [0.2, 0.25) is 0 Å². The normalized spacial score (nSPS) is 16.4. The molecule has 0 aliphatic carbocycles. The lowest BCUT2D eigenvalue weighted by Crippen LogP contribution is -2.39. The maximum absolute atomic E-state index is 13.1. The van der Waals surface area contributed by atoms with Gasteiger partial charge in [0.15, 0.2) is 0 Å². The molecule has 0 bridgehead atoms. The molecule has 6 nitrogen and oxygen atoms in total. The molecule has 2 heterocycles. The molecule has 1 aromatic heterocycles. The summed E-state index contributed by atoms with van der Waals surface area (Å²) in [4.78, 5) is 19.3. The van der Waals surface area contributed by atoms with Crippen LogP contribution in [0.4, 0.5) is 5.82 Å². The molecule has 1 fully saturated rings. The molecule has 0 spiro atoms. The summed E-state index contributed by atoms with van der Waals surface area (Å²) < 4.78 is 10.9. The summed E-state index contributed by atoms with van der Waals surface area (Å²) in [5.74, 6) is 0.443. The van der Waals surface area contributed by atoms with E-state index in [1.54, 1.807) is 7.11 Å². The molecule has 144 valence electrons. The van der Waals surface area contributed by atoms with Crippen LogP contribution in [0.3, 0.4) is 0 Å². The van der Waals surface area contributed by atoms with Gasteiger partial charge >= 0.3 is 0 Å². The monoisotopic (exact) mass is 369 g/mol. The summed E-state index contributed by atoms with van der Waals surface area (Å²) in [6.07, 6.45) is 2.14. The largest absolute Gasteiger partial charge is 0.383 e. The van der Waals surface area contributed by atoms with Crippen molar-refractivity contribution in [2.45, 2.75) is 25.9 Å². The predicted molar refractivity (Wildman–Crippen MR) is 106 cm³/mol. The van der Waals surface area contributed by atoms with E-state index in [4.69, 9.17) is 15.2 Å². The van der Waals surface area contributed by atoms with Gasteiger partial charge in [-0.15, -0.1) is 0 Å². The van der Waals surface area contributed by atoms with E-state index < -0.39 is 0 Å². The zero-order valence-corrected chi connectivity index (χ0v) is 16.0. The lowest BCUT2D eigenvalue weighted by molar-refractivity contribution is 0.0456. The Morgan fingerprint density at radius 3 is 2.93 bits per heavy atom. The van der Waals surface area contributed by atoms with Crippen LogP contribution in [-0.4, -0.2) is 55.3 Å². The smallest absolute Gasteiger partial charge is 0.254 e. The third-order valence-corrected chi connectivity index (χ3v) is 4.79. The first-order valence-corrected chi connectivity index (χ1v) is 9.32. The molecule has 1 saturated heterocycles. The van der Waals surface area contributed by atoms with Gasteiger partial charge < -0.3 is 20.1 Å². The summed E-state index contributed by atoms with van der Waals surface area (Å²) in [5.41, 5.74) is 9.28. The number of amides is 1. The highest BCUT2D eigenvalue weighted by molar-refractivity contribution is 5.96. The van der Waals surface area contributed by atoms with Gasteiger partial charge in [-0.3, -0.25) is 4.79 Å². The minimum Gasteiger partial charge on any atom is -0.383 e. The minimum absolute atomic E-state index is 0.0250. The molecule has 0 unspecified atom stereocenters. The summed E-state index contributed by atoms with van der Waals surface area (Å²) in [5, 5.41) is 0. The topological polar surface area (TPSA) is 77.7 Å². The molecule has 27 heavy (non-hydrogen) atoms. The van der Waals surface area contributed by atoms with Crippen molar-refractivity contribution in [1.82, 2.24) is 9.88 Å². The number of carbonyl (C=O) groups excluding carboxylic acids is 1. The number of nitrogen functional groups attached to an aromatic ring is 1. The van der Waals surface area contributed by atoms with Gasteiger partial charge in [0.25, 0.3) is 5.91 Å². The van der Waals surface area contributed by atoms with E-state index in [2.05, 4.69) is 4.98 Å². The lowest BCUT2D eigenvalue weighted by atomic mass is 10.0. The number of aryl methyl sites for hydroxylation is 1. The van der Waals surface area contributed by atoms with Gasteiger partial charge in [-0.05, 0) is 49.6 Å². The molecule has 1 aliphatic rings. The standard InChI is InChI=1S/C21H27N3O3/c1-15-8-9-19(20(22)23-15)16-5-3-6-17(13-16)21(25)24(10-12-26-2)14-18-7-4-11-27-18/h3,5-6,8-9,13,18H,4,7,10-12,14H2,1-2H3,(H2,22,23)/t18-/m0/s1. The highest BCUT2D eigenvalue weighted by atomic mass is 16.5. The fourth-order valence-corrected chi connectivity index (χ4v) is 3.33. The van der Waals surface area contributed by atoms with Crippen LogP contribution >= 0.6 is 0 Å². The number of ether oxygens (including phenoxy) is 2. The van der Waals surface area contributed by atoms with E-state index in [0.717, 1.165) is 36.3 Å². The Morgan fingerprint density at radius 1 is 1.37 bits per heavy atom. The minimum atomic E-state index is -0.0250. The number of hydrogen-bond donors (Lipinski definition) is 1. The van der Waals surface area contributed by atoms with Gasteiger partial charge in [0.05, 0.1) is 12.7 Å². The van der Waals surface area contributed by atoms with Gasteiger partial charge in [0.2, 0.25) is 0 Å². The maximum atomic E-state index is 13.1. The van der Waals surface area contributed by atoms with Crippen molar-refractivity contribution < 1.29 is 14.3 Å². The summed E-state index contributed by atoms with van der Waals surface area (Å²) in [6, 6.07) is 11.4. The second-order valence-electron chi connectivity index (χ2n) is 6.85. The number of aromatic nitrogens is 1. The van der Waals surface area contributed by atoms with Crippen molar-refractivity contribution in [2.24, 2.45) is 0 Å². The second-order valence-corrected chi connectivity index (χ2v) is 6.85. The molecular formula is C21H27N3O3. The van der Waals surface area contributed by atoms with E-state index in [1.807, 2.05) is 48.2 Å². The van der Waals surface area contributed by atoms with E-state index in [0.29, 0.717) is 31.1 Å². The van der Waals surface area contributed by atoms with Crippen LogP contribution in [0.15, 0.2) is 36.4 Å². The third kappa shape index (κ3) is 4.84. The highest BCUT2D eigenvalue weighted by Gasteiger charge is 2.23. The quantitative estimate of drug-likeness (QED) is 0.812. The number of methoxy groups -OCH3 is 1. The number of carbonyl (C=O) groups is 1. The van der Waals surface area contributed by atoms with Gasteiger partial charge in [-0.1, -0.05) is 12.1 Å². The zero-order chi connectivity index (χ0) is 19.2. The Bertz CT molecular complexity index is 788. The van der Waals surface area contributed by atoms with Gasteiger partial charge in [-0.2, -0.15) is 0 Å². The Morgan fingerprint density at radius 2 is 2.22 bits per heavy atom. The first-order valence-electron chi connectivity index (χ1n) is 9.32. The van der Waals surface area contributed by atoms with Crippen LogP contribution in [-0.2, 0) is 9.47 Å². The van der Waals surface area contributed by atoms with E-state index in [1.165, 1.54) is 0 Å². The van der Waals surface area contributed by atoms with Crippen LogP contribution in [0, 0.1) is 6.92 Å². The van der Waals surface area contributed by atoms with Gasteiger partial charge in [0.1, 0.15) is 5.82 Å². The number of rotatable bonds is 7. The molecule has 2 aromatic rings. The molecule has 3 rings (SSSR count). The Hall–Kier alpha value is -2.44. The number of anilines is 1. The molecule has 1 aliphatic heterocycles. The SMILES string of the molecule is COCCN(C[C@@H]1CCCO1)C(=O)c1cccc(-c2ccc(C)nc2N)c1. The Labute approximate surface area is 160 Å². The summed E-state index contributed by atoms with van der Waals surface area (Å²) >= 11 is 0. The van der Waals surface area contributed by atoms with E-state index in [-0.39, 0.29) is 12.0 Å². The van der Waals surface area contributed by atoms with Crippen molar-refractivity contribution in [1.29, 1.82) is 0 Å². The molecule has 0 saturated carbocycles. The van der Waals surface area contributed by atoms with Crippen molar-refractivity contribution in [3.8, 4) is 11.1 Å². The highest BCUT2D eigenvalue weighted by Crippen LogP contribution is 2.26. The van der Waals surface area contributed by atoms with E-state index in [9.17, 15) is 4.79 Å². The fraction of sp³-hybridized carbons (Fsp3) is 0.429. The molecule has 1 aromatic carbocycles. The molecule has 1 amide bonds. The molecule has 2 N–H and O–H groups in total. The number of nitrogens with zero attached hydrogens (tertiary/aromatic N) is 2. The lowest BCUT2D eigenvalue weighted by Gasteiger charge is -2.25. The average Bonchev–Trinajstić information content (AvgIpc) is 3.18. The average molecular weight is 369 g/mol. The van der Waals surface area contributed by atoms with E-state index >= 15 is 0 Å². The Balaban J connectivity index is 1.83. The van der Waals surface area contributed by atoms with Crippen molar-refractivity contribution >= 4 is 11.7 Å². The van der Waals surface area contributed by atoms with Crippen LogP contribution in [0.5, 0.6) is 0 Å². The summed E-state index contributed by atoms with van der Waals surface area (Å²) in [6.45, 7) is 4.28. The number of pyridine rings is 1. The molecular weight excluding hydrogens is 342 g/mol. The molecule has 6 heteroatoms. The molecule has 0 radical (unpaired) electrons. The van der Waals surface area contributed by atoms with Crippen LogP contribution in [0.1, 0.15) is 28.9 Å². The number of hydrogen-bond acceptors (Lipinski definition) is 5. The summed E-state index contributed by atoms with van der Waals surface area (Å²) in [7, 11) is 1.64. The first-order chi connectivity index (χ1) is 13.1. The van der Waals surface area contributed by atoms with Gasteiger partial charge in [0, 0.05) is 43.6 Å². The fourth-order valence-electron chi connectivity index (χ4n) is 3.33. The van der Waals surface area contributed by atoms with Crippen molar-refractivity contribution in [2.75, 3.05) is 39.1 Å². The van der Waals surface area contributed by atoms with Gasteiger partial charge in [-0.25, -0.2) is 4.98 Å². The van der Waals surface area contributed by atoms with Crippen LogP contribution < -0.4 is 5.73 Å². The zero-order valence-electron chi connectivity index (χ0n) is 16.0. The Kier molecular flexibility index (Phi) is 6.42. The number of benzene rings is 1. The van der Waals surface area contributed by atoms with Crippen molar-refractivity contribution in [3.63, 3.8) is 0 Å².